The predicted molar refractivity (Wildman–Crippen MR) is 196 cm³/mol. The molecule has 0 saturated carbocycles. The van der Waals surface area contributed by atoms with Crippen LogP contribution in [0.25, 0.3) is 5.57 Å². The number of carbonyl (C=O) groups excluding carboxylic acids is 2. The molecule has 0 spiro atoms. The first-order valence-corrected chi connectivity index (χ1v) is 16.6. The van der Waals surface area contributed by atoms with E-state index in [2.05, 4.69) is 16.1 Å². The van der Waals surface area contributed by atoms with Gasteiger partial charge in [-0.2, -0.15) is 13.2 Å². The second-order valence-corrected chi connectivity index (χ2v) is 12.5. The maximum absolute atomic E-state index is 13.8. The van der Waals surface area contributed by atoms with Gasteiger partial charge in [-0.3, -0.25) is 24.9 Å². The van der Waals surface area contributed by atoms with Gasteiger partial charge in [-0.1, -0.05) is 36.4 Å². The van der Waals surface area contributed by atoms with Crippen molar-refractivity contribution < 1.29 is 22.8 Å². The highest BCUT2D eigenvalue weighted by molar-refractivity contribution is 6.15. The molecule has 0 radical (unpaired) electrons. The van der Waals surface area contributed by atoms with E-state index in [0.717, 1.165) is 35.3 Å². The smallest absolute Gasteiger partial charge is 0.398 e. The number of benzene rings is 3. The van der Waals surface area contributed by atoms with Crippen LogP contribution in [0.4, 0.5) is 30.2 Å². The molecule has 2 amide bonds. The molecular formula is C37H42F3N9O2. The average molecular weight is 702 g/mol. The lowest BCUT2D eigenvalue weighted by Crippen LogP contribution is -2.42. The molecule has 1 saturated heterocycles. The Morgan fingerprint density at radius 2 is 1.75 bits per heavy atom. The van der Waals surface area contributed by atoms with Crippen molar-refractivity contribution in [2.75, 3.05) is 62.7 Å². The Hall–Kier alpha value is -5.50. The average Bonchev–Trinajstić information content (AvgIpc) is 3.59. The van der Waals surface area contributed by atoms with E-state index in [1.54, 1.807) is 30.1 Å². The van der Waals surface area contributed by atoms with Gasteiger partial charge in [0, 0.05) is 67.0 Å². The van der Waals surface area contributed by atoms with Crippen LogP contribution in [-0.4, -0.2) is 85.8 Å². The normalized spacial score (nSPS) is 17.1. The van der Waals surface area contributed by atoms with Gasteiger partial charge in [0.1, 0.15) is 12.2 Å². The first kappa shape index (κ1) is 36.8. The zero-order valence-corrected chi connectivity index (χ0v) is 28.6. The lowest BCUT2D eigenvalue weighted by molar-refractivity contribution is -0.137. The summed E-state index contributed by atoms with van der Waals surface area (Å²) in [6.45, 7) is 4.53. The highest BCUT2D eigenvalue weighted by atomic mass is 19.4. The topological polar surface area (TPSA) is 170 Å². The summed E-state index contributed by atoms with van der Waals surface area (Å²) in [5, 5.41) is 8.70. The molecule has 1 atom stereocenters. The van der Waals surface area contributed by atoms with Crippen molar-refractivity contribution in [2.24, 2.45) is 21.6 Å². The Kier molecular flexibility index (Phi) is 11.2. The largest absolute Gasteiger partial charge is 0.418 e. The molecule has 0 aromatic heterocycles. The minimum absolute atomic E-state index is 0.00765. The Morgan fingerprint density at radius 3 is 2.37 bits per heavy atom. The Labute approximate surface area is 294 Å². The minimum atomic E-state index is -4.62. The molecule has 268 valence electrons. The number of amidine groups is 1. The molecule has 1 fully saturated rings. The first-order valence-electron chi connectivity index (χ1n) is 16.6. The van der Waals surface area contributed by atoms with Gasteiger partial charge in [0.05, 0.1) is 23.7 Å². The van der Waals surface area contributed by atoms with Gasteiger partial charge in [0.25, 0.3) is 0 Å². The highest BCUT2D eigenvalue weighted by Gasteiger charge is 2.34. The maximum Gasteiger partial charge on any atom is 0.418 e. The molecular weight excluding hydrogens is 659 g/mol. The van der Waals surface area contributed by atoms with Crippen LogP contribution in [-0.2, 0) is 15.8 Å². The van der Waals surface area contributed by atoms with E-state index in [-0.39, 0.29) is 46.8 Å². The van der Waals surface area contributed by atoms with Crippen LogP contribution >= 0.6 is 0 Å². The van der Waals surface area contributed by atoms with E-state index in [0.29, 0.717) is 50.7 Å². The van der Waals surface area contributed by atoms with Crippen LogP contribution in [0.15, 0.2) is 76.7 Å². The summed E-state index contributed by atoms with van der Waals surface area (Å²) >= 11 is 0. The molecule has 0 aliphatic carbocycles. The molecule has 7 N–H and O–H groups in total. The summed E-state index contributed by atoms with van der Waals surface area (Å²) < 4.78 is 39.7. The van der Waals surface area contributed by atoms with Gasteiger partial charge < -0.3 is 27.0 Å². The van der Waals surface area contributed by atoms with Crippen molar-refractivity contribution in [3.05, 3.63) is 94.6 Å². The van der Waals surface area contributed by atoms with Crippen molar-refractivity contribution in [2.45, 2.75) is 25.9 Å². The van der Waals surface area contributed by atoms with Gasteiger partial charge >= 0.3 is 6.18 Å². The Balaban J connectivity index is 1.18. The summed E-state index contributed by atoms with van der Waals surface area (Å²) in [6.07, 6.45) is 0.165. The summed E-state index contributed by atoms with van der Waals surface area (Å²) in [5.41, 5.74) is 20.5. The third-order valence-corrected chi connectivity index (χ3v) is 9.25. The van der Waals surface area contributed by atoms with Crippen molar-refractivity contribution in [3.8, 4) is 0 Å². The van der Waals surface area contributed by atoms with Crippen LogP contribution in [0.5, 0.6) is 0 Å². The number of nitrogens with two attached hydrogens (primary N) is 3. The van der Waals surface area contributed by atoms with Crippen LogP contribution < -0.4 is 22.1 Å². The third kappa shape index (κ3) is 8.46. The number of amides is 2. The second kappa shape index (κ2) is 15.6. The molecule has 51 heavy (non-hydrogen) atoms. The van der Waals surface area contributed by atoms with Gasteiger partial charge in [-0.25, -0.2) is 4.99 Å². The molecule has 14 heteroatoms. The molecule has 5 rings (SSSR count). The number of anilines is 3. The second-order valence-electron chi connectivity index (χ2n) is 12.5. The van der Waals surface area contributed by atoms with Crippen LogP contribution in [0, 0.1) is 11.3 Å². The number of hydrogen-bond acceptors (Lipinski definition) is 7. The zero-order valence-electron chi connectivity index (χ0n) is 28.6. The summed E-state index contributed by atoms with van der Waals surface area (Å²) in [5.74, 6) is -0.0568. The van der Waals surface area contributed by atoms with E-state index in [1.165, 1.54) is 12.4 Å². The molecule has 3 aromatic rings. The van der Waals surface area contributed by atoms with E-state index in [4.69, 9.17) is 22.6 Å². The van der Waals surface area contributed by atoms with Crippen LogP contribution in [0.1, 0.15) is 47.6 Å². The zero-order chi connectivity index (χ0) is 36.9. The fourth-order valence-corrected chi connectivity index (χ4v) is 6.42. The molecule has 0 unspecified atom stereocenters. The summed E-state index contributed by atoms with van der Waals surface area (Å²) in [6, 6.07) is 15.8. The Bertz CT molecular complexity index is 1890. The number of rotatable bonds is 10. The number of carbonyl (C=O) groups is 2. The Morgan fingerprint density at radius 1 is 1.02 bits per heavy atom. The van der Waals surface area contributed by atoms with Gasteiger partial charge in [0.15, 0.2) is 0 Å². The molecule has 2 heterocycles. The van der Waals surface area contributed by atoms with E-state index in [1.807, 2.05) is 41.0 Å². The van der Waals surface area contributed by atoms with Crippen LogP contribution in [0.3, 0.4) is 0 Å². The number of nitrogens with zero attached hydrogens (tertiary/aromatic N) is 5. The number of halogens is 3. The minimum Gasteiger partial charge on any atom is -0.398 e. The highest BCUT2D eigenvalue weighted by Crippen LogP contribution is 2.35. The van der Waals surface area contributed by atoms with E-state index in [9.17, 15) is 22.8 Å². The number of nitrogens with one attached hydrogen (secondary N) is 1. The number of likely N-dealkylation sites (tertiary alicyclic amines) is 1. The summed E-state index contributed by atoms with van der Waals surface area (Å²) in [7, 11) is 1.63. The quantitative estimate of drug-likeness (QED) is 0.136. The summed E-state index contributed by atoms with van der Waals surface area (Å²) in [4.78, 5) is 40.4. The van der Waals surface area contributed by atoms with Crippen LogP contribution in [0.2, 0.25) is 0 Å². The van der Waals surface area contributed by atoms with Crippen molar-refractivity contribution in [1.29, 1.82) is 5.41 Å². The van der Waals surface area contributed by atoms with Gasteiger partial charge in [-0.05, 0) is 67.8 Å². The van der Waals surface area contributed by atoms with Gasteiger partial charge in [0.2, 0.25) is 11.8 Å². The fourth-order valence-electron chi connectivity index (χ4n) is 6.42. The lowest BCUT2D eigenvalue weighted by atomic mass is 9.97. The number of alkyl halides is 3. The monoisotopic (exact) mass is 701 g/mol. The van der Waals surface area contributed by atoms with Crippen molar-refractivity contribution >= 4 is 52.3 Å². The number of aliphatic imine (C=N–C) groups is 2. The van der Waals surface area contributed by atoms with Gasteiger partial charge in [-0.15, -0.1) is 0 Å². The van der Waals surface area contributed by atoms with Crippen molar-refractivity contribution in [3.63, 3.8) is 0 Å². The lowest BCUT2D eigenvalue weighted by Gasteiger charge is -2.29. The van der Waals surface area contributed by atoms with E-state index < -0.39 is 17.4 Å². The SMILES string of the molecule is CCN(C(=O)[C@@H]1CCN(CC(=O)N2CC=C(c3ccc(C(N)=NC=NC)cc3)CC2)C1)c1ccc(N)c(C(=N)c2ccc(C(F)(F)F)c(N)c2)c1. The standard InChI is InChI=1S/C37H42F3N9O2/c1-3-49(28-9-11-31(41)29(19-28)34(43)26-8-10-30(32(42)18-26)37(38,39)40)36(51)27-12-15-47(20-27)21-33(50)48-16-13-24(14-17-48)23-4-6-25(7-5-23)35(44)46-22-45-2/h4-11,13,18-19,22,27,43H,3,12,14-17,20-21,41-42H2,1-2H3,(H2,44,45,46)/t27-/m1/s1. The maximum atomic E-state index is 13.8. The number of hydrogen-bond donors (Lipinski definition) is 4. The molecule has 0 bridgehead atoms. The molecule has 3 aromatic carbocycles. The molecule has 2 aliphatic heterocycles. The number of nitrogen functional groups attached to an aromatic ring is 2. The van der Waals surface area contributed by atoms with E-state index >= 15 is 0 Å². The molecule has 2 aliphatic rings. The third-order valence-electron chi connectivity index (χ3n) is 9.25. The first-order chi connectivity index (χ1) is 24.3. The molecule has 11 nitrogen and oxygen atoms in total. The predicted octanol–water partition coefficient (Wildman–Crippen LogP) is 4.64. The fraction of sp³-hybridized carbons (Fsp3) is 0.324. The van der Waals surface area contributed by atoms with Crippen molar-refractivity contribution in [1.82, 2.24) is 9.80 Å².